The van der Waals surface area contributed by atoms with Gasteiger partial charge in [-0.05, 0) is 37.6 Å². The molecule has 0 aromatic carbocycles. The molecule has 19 heavy (non-hydrogen) atoms. The monoisotopic (exact) mass is 270 g/mol. The van der Waals surface area contributed by atoms with Crippen LogP contribution in [0.25, 0.3) is 0 Å². The van der Waals surface area contributed by atoms with Crippen molar-refractivity contribution in [3.8, 4) is 0 Å². The van der Waals surface area contributed by atoms with Gasteiger partial charge in [-0.15, -0.1) is 0 Å². The highest BCUT2D eigenvalue weighted by atomic mass is 16.5. The summed E-state index contributed by atoms with van der Waals surface area (Å²) in [4.78, 5) is 12.2. The van der Waals surface area contributed by atoms with Crippen LogP contribution in [-0.2, 0) is 9.53 Å². The molecule has 110 valence electrons. The Hall–Kier alpha value is -0.650. The SMILES string of the molecule is CCCNC1COCC1C(=O)NCC1(CCO)CC1. The molecule has 0 spiro atoms. The third-order valence-electron chi connectivity index (χ3n) is 4.31. The molecule has 5 nitrogen and oxygen atoms in total. The number of aliphatic hydroxyl groups is 1. The fourth-order valence-corrected chi connectivity index (χ4v) is 2.68. The standard InChI is InChI=1S/C14H26N2O3/c1-2-6-15-12-9-19-8-11(12)13(18)16-10-14(3-4-14)5-7-17/h11-12,15,17H,2-10H2,1H3,(H,16,18). The van der Waals surface area contributed by atoms with Crippen molar-refractivity contribution in [3.63, 3.8) is 0 Å². The van der Waals surface area contributed by atoms with Gasteiger partial charge in [-0.1, -0.05) is 6.92 Å². The number of ether oxygens (including phenoxy) is 1. The summed E-state index contributed by atoms with van der Waals surface area (Å²) < 4.78 is 5.42. The van der Waals surface area contributed by atoms with Crippen LogP contribution < -0.4 is 10.6 Å². The first-order valence-electron chi connectivity index (χ1n) is 7.40. The smallest absolute Gasteiger partial charge is 0.227 e. The van der Waals surface area contributed by atoms with Gasteiger partial charge in [0.05, 0.1) is 19.1 Å². The van der Waals surface area contributed by atoms with E-state index in [-0.39, 0.29) is 29.9 Å². The topological polar surface area (TPSA) is 70.6 Å². The molecule has 1 saturated heterocycles. The second-order valence-electron chi connectivity index (χ2n) is 5.90. The second-order valence-corrected chi connectivity index (χ2v) is 5.90. The average Bonchev–Trinajstić information content (AvgIpc) is 3.01. The Morgan fingerprint density at radius 1 is 1.42 bits per heavy atom. The zero-order chi connectivity index (χ0) is 13.7. The predicted octanol–water partition coefficient (Wildman–Crippen LogP) is 0.280. The molecule has 1 aliphatic heterocycles. The van der Waals surface area contributed by atoms with E-state index in [1.54, 1.807) is 0 Å². The maximum atomic E-state index is 12.2. The fourth-order valence-electron chi connectivity index (χ4n) is 2.68. The molecule has 3 N–H and O–H groups in total. The van der Waals surface area contributed by atoms with Gasteiger partial charge >= 0.3 is 0 Å². The van der Waals surface area contributed by atoms with Gasteiger partial charge in [0.25, 0.3) is 0 Å². The molecule has 1 saturated carbocycles. The van der Waals surface area contributed by atoms with Crippen molar-refractivity contribution in [1.29, 1.82) is 0 Å². The van der Waals surface area contributed by atoms with E-state index in [1.165, 1.54) is 0 Å². The minimum absolute atomic E-state index is 0.0727. The van der Waals surface area contributed by atoms with Gasteiger partial charge in [-0.2, -0.15) is 0 Å². The maximum Gasteiger partial charge on any atom is 0.227 e. The van der Waals surface area contributed by atoms with Gasteiger partial charge in [0, 0.05) is 19.2 Å². The van der Waals surface area contributed by atoms with Crippen molar-refractivity contribution in [2.24, 2.45) is 11.3 Å². The summed E-state index contributed by atoms with van der Waals surface area (Å²) in [7, 11) is 0. The number of aliphatic hydroxyl groups excluding tert-OH is 1. The molecule has 1 aliphatic carbocycles. The third-order valence-corrected chi connectivity index (χ3v) is 4.31. The zero-order valence-corrected chi connectivity index (χ0v) is 11.8. The summed E-state index contributed by atoms with van der Waals surface area (Å²) in [6.07, 6.45) is 4.09. The van der Waals surface area contributed by atoms with Gasteiger partial charge in [-0.25, -0.2) is 0 Å². The highest BCUT2D eigenvalue weighted by Crippen LogP contribution is 2.47. The van der Waals surface area contributed by atoms with E-state index in [4.69, 9.17) is 9.84 Å². The molecule has 0 aromatic heterocycles. The fraction of sp³-hybridized carbons (Fsp3) is 0.929. The molecule has 0 radical (unpaired) electrons. The predicted molar refractivity (Wildman–Crippen MR) is 72.8 cm³/mol. The van der Waals surface area contributed by atoms with E-state index in [9.17, 15) is 4.79 Å². The Balaban J connectivity index is 1.75. The van der Waals surface area contributed by atoms with Crippen molar-refractivity contribution in [1.82, 2.24) is 10.6 Å². The van der Waals surface area contributed by atoms with Crippen LogP contribution in [0.1, 0.15) is 32.6 Å². The number of nitrogens with one attached hydrogen (secondary N) is 2. The van der Waals surface area contributed by atoms with Crippen LogP contribution in [0.4, 0.5) is 0 Å². The summed E-state index contributed by atoms with van der Waals surface area (Å²) in [6, 6.07) is 0.146. The summed E-state index contributed by atoms with van der Waals surface area (Å²) >= 11 is 0. The van der Waals surface area contributed by atoms with E-state index < -0.39 is 0 Å². The van der Waals surface area contributed by atoms with E-state index >= 15 is 0 Å². The summed E-state index contributed by atoms with van der Waals surface area (Å²) in [5, 5.41) is 15.4. The average molecular weight is 270 g/mol. The lowest BCUT2D eigenvalue weighted by atomic mass is 10.00. The summed E-state index contributed by atoms with van der Waals surface area (Å²) in [5.41, 5.74) is 0.177. The molecular weight excluding hydrogens is 244 g/mol. The molecule has 1 amide bonds. The van der Waals surface area contributed by atoms with Crippen molar-refractivity contribution >= 4 is 5.91 Å². The summed E-state index contributed by atoms with van der Waals surface area (Å²) in [5.74, 6) is 0.0202. The molecule has 0 bridgehead atoms. The molecule has 0 aromatic rings. The largest absolute Gasteiger partial charge is 0.396 e. The van der Waals surface area contributed by atoms with Crippen LogP contribution >= 0.6 is 0 Å². The van der Waals surface area contributed by atoms with Gasteiger partial charge < -0.3 is 20.5 Å². The Morgan fingerprint density at radius 2 is 2.21 bits per heavy atom. The van der Waals surface area contributed by atoms with Crippen LogP contribution in [0.2, 0.25) is 0 Å². The zero-order valence-electron chi connectivity index (χ0n) is 11.8. The Labute approximate surface area is 115 Å². The minimum Gasteiger partial charge on any atom is -0.396 e. The quantitative estimate of drug-likeness (QED) is 0.592. The molecule has 2 aliphatic rings. The Kier molecular flexibility index (Phi) is 5.19. The number of amides is 1. The lowest BCUT2D eigenvalue weighted by molar-refractivity contribution is -0.125. The number of hydrogen-bond donors (Lipinski definition) is 3. The first-order valence-corrected chi connectivity index (χ1v) is 7.40. The molecule has 5 heteroatoms. The van der Waals surface area contributed by atoms with Gasteiger partial charge in [-0.3, -0.25) is 4.79 Å². The number of carbonyl (C=O) groups excluding carboxylic acids is 1. The second kappa shape index (κ2) is 6.68. The van der Waals surface area contributed by atoms with Gasteiger partial charge in [0.15, 0.2) is 0 Å². The van der Waals surface area contributed by atoms with Crippen LogP contribution in [0, 0.1) is 11.3 Å². The highest BCUT2D eigenvalue weighted by molar-refractivity contribution is 5.80. The third kappa shape index (κ3) is 3.91. The number of rotatable bonds is 8. The van der Waals surface area contributed by atoms with E-state index in [0.717, 1.165) is 32.2 Å². The lowest BCUT2D eigenvalue weighted by Gasteiger charge is -2.20. The molecule has 2 fully saturated rings. The van der Waals surface area contributed by atoms with Crippen LogP contribution in [0.5, 0.6) is 0 Å². The normalized spacial score (nSPS) is 28.3. The number of carbonyl (C=O) groups is 1. The maximum absolute atomic E-state index is 12.2. The highest BCUT2D eigenvalue weighted by Gasteiger charge is 2.43. The summed E-state index contributed by atoms with van der Waals surface area (Å²) in [6.45, 7) is 5.09. The van der Waals surface area contributed by atoms with E-state index in [1.807, 2.05) is 0 Å². The molecule has 2 atom stereocenters. The molecule has 1 heterocycles. The molecular formula is C14H26N2O3. The Bertz CT molecular complexity index is 305. The van der Waals surface area contributed by atoms with Crippen LogP contribution in [0.3, 0.4) is 0 Å². The van der Waals surface area contributed by atoms with Crippen LogP contribution in [-0.4, -0.2) is 50.0 Å². The van der Waals surface area contributed by atoms with E-state index in [2.05, 4.69) is 17.6 Å². The first-order chi connectivity index (χ1) is 9.21. The Morgan fingerprint density at radius 3 is 2.84 bits per heavy atom. The van der Waals surface area contributed by atoms with Crippen molar-refractivity contribution in [2.45, 2.75) is 38.6 Å². The lowest BCUT2D eigenvalue weighted by Crippen LogP contribution is -2.45. The van der Waals surface area contributed by atoms with Gasteiger partial charge in [0.2, 0.25) is 5.91 Å². The van der Waals surface area contributed by atoms with Crippen LogP contribution in [0.15, 0.2) is 0 Å². The molecule has 2 unspecified atom stereocenters. The number of hydrogen-bond acceptors (Lipinski definition) is 4. The van der Waals surface area contributed by atoms with Crippen molar-refractivity contribution < 1.29 is 14.6 Å². The first kappa shape index (κ1) is 14.8. The van der Waals surface area contributed by atoms with Crippen molar-refractivity contribution in [3.05, 3.63) is 0 Å². The van der Waals surface area contributed by atoms with Crippen molar-refractivity contribution in [2.75, 3.05) is 32.9 Å². The van der Waals surface area contributed by atoms with E-state index in [0.29, 0.717) is 19.8 Å². The van der Waals surface area contributed by atoms with Gasteiger partial charge in [0.1, 0.15) is 0 Å². The molecule has 2 rings (SSSR count). The minimum atomic E-state index is -0.0727.